The molecular formula is C42H32N2O2. The van der Waals surface area contributed by atoms with Crippen molar-refractivity contribution < 1.29 is 9.59 Å². The standard InChI is InChI=1S/C42H32N2O2/c1-27-17-21-29(22-18-27)25-43-39(35-15-7-11-31-9-3-5-13-33(31)35)37-38(41(43)45)40(36-16-8-12-32-10-4-6-14-34(32)36)44(42(37)46)26-30-23-19-28(2)20-24-30/h3-24H,25-26H2,1-2H3. The van der Waals surface area contributed by atoms with Crippen LogP contribution in [0.25, 0.3) is 32.9 Å². The maximum Gasteiger partial charge on any atom is 0.261 e. The maximum absolute atomic E-state index is 14.9. The zero-order valence-electron chi connectivity index (χ0n) is 25.8. The molecule has 0 saturated carbocycles. The average Bonchev–Trinajstić information content (AvgIpc) is 3.52. The van der Waals surface area contributed by atoms with E-state index in [9.17, 15) is 9.59 Å². The minimum Gasteiger partial charge on any atom is -0.302 e. The molecule has 46 heavy (non-hydrogen) atoms. The van der Waals surface area contributed by atoms with Gasteiger partial charge in [-0.3, -0.25) is 9.59 Å². The molecule has 6 aromatic rings. The molecule has 2 heterocycles. The molecule has 2 aliphatic heterocycles. The SMILES string of the molecule is Cc1ccc(CN2C(=O)C3=C(c4cccc5ccccc45)N(Cc4ccc(C)cc4)C(=O)C3=C2c2cccc3ccccc23)cc1. The Morgan fingerprint density at radius 1 is 0.435 bits per heavy atom. The van der Waals surface area contributed by atoms with E-state index in [1.165, 1.54) is 0 Å². The summed E-state index contributed by atoms with van der Waals surface area (Å²) in [7, 11) is 0. The highest BCUT2D eigenvalue weighted by atomic mass is 16.2. The second-order valence-electron chi connectivity index (χ2n) is 12.3. The number of amides is 2. The molecule has 0 saturated heterocycles. The van der Waals surface area contributed by atoms with Crippen molar-refractivity contribution in [2.24, 2.45) is 0 Å². The summed E-state index contributed by atoms with van der Waals surface area (Å²) in [5, 5.41) is 4.13. The largest absolute Gasteiger partial charge is 0.302 e. The van der Waals surface area contributed by atoms with E-state index in [1.807, 2.05) is 58.3 Å². The van der Waals surface area contributed by atoms with Gasteiger partial charge in [-0.05, 0) is 46.5 Å². The van der Waals surface area contributed by atoms with Gasteiger partial charge in [0.25, 0.3) is 11.8 Å². The molecule has 0 radical (unpaired) electrons. The highest BCUT2D eigenvalue weighted by Crippen LogP contribution is 2.49. The Bertz CT molecular complexity index is 2090. The van der Waals surface area contributed by atoms with Crippen LogP contribution in [0.3, 0.4) is 0 Å². The van der Waals surface area contributed by atoms with Gasteiger partial charge in [-0.25, -0.2) is 0 Å². The Morgan fingerprint density at radius 3 is 1.22 bits per heavy atom. The lowest BCUT2D eigenvalue weighted by Gasteiger charge is -2.26. The Balaban J connectivity index is 1.41. The minimum atomic E-state index is -0.152. The summed E-state index contributed by atoms with van der Waals surface area (Å²) in [5.74, 6) is -0.303. The zero-order chi connectivity index (χ0) is 31.4. The third kappa shape index (κ3) is 4.53. The molecule has 0 fully saturated rings. The highest BCUT2D eigenvalue weighted by molar-refractivity contribution is 6.31. The van der Waals surface area contributed by atoms with E-state index in [-0.39, 0.29) is 11.8 Å². The lowest BCUT2D eigenvalue weighted by Crippen LogP contribution is -2.29. The zero-order valence-corrected chi connectivity index (χ0v) is 25.8. The van der Waals surface area contributed by atoms with Crippen molar-refractivity contribution in [1.82, 2.24) is 9.80 Å². The molecule has 8 rings (SSSR count). The molecule has 0 spiro atoms. The monoisotopic (exact) mass is 596 g/mol. The molecule has 2 amide bonds. The topological polar surface area (TPSA) is 40.6 Å². The number of carbonyl (C=O) groups is 2. The number of benzene rings is 6. The van der Waals surface area contributed by atoms with E-state index >= 15 is 0 Å². The Morgan fingerprint density at radius 2 is 0.804 bits per heavy atom. The van der Waals surface area contributed by atoms with Crippen LogP contribution in [0.1, 0.15) is 33.4 Å². The molecule has 0 atom stereocenters. The van der Waals surface area contributed by atoms with Gasteiger partial charge in [0.05, 0.1) is 35.6 Å². The van der Waals surface area contributed by atoms with Crippen LogP contribution in [0, 0.1) is 13.8 Å². The van der Waals surface area contributed by atoms with Gasteiger partial charge in [0.2, 0.25) is 0 Å². The second-order valence-corrected chi connectivity index (χ2v) is 12.3. The van der Waals surface area contributed by atoms with E-state index < -0.39 is 0 Å². The van der Waals surface area contributed by atoms with Crippen molar-refractivity contribution in [3.63, 3.8) is 0 Å². The van der Waals surface area contributed by atoms with E-state index in [1.54, 1.807) is 0 Å². The van der Waals surface area contributed by atoms with E-state index in [0.717, 1.165) is 54.9 Å². The van der Waals surface area contributed by atoms with Gasteiger partial charge in [0.1, 0.15) is 0 Å². The van der Waals surface area contributed by atoms with Gasteiger partial charge < -0.3 is 9.80 Å². The molecule has 4 nitrogen and oxygen atoms in total. The summed E-state index contributed by atoms with van der Waals surface area (Å²) >= 11 is 0. The van der Waals surface area contributed by atoms with Gasteiger partial charge in [-0.15, -0.1) is 0 Å². The fourth-order valence-corrected chi connectivity index (χ4v) is 6.87. The molecule has 0 unspecified atom stereocenters. The maximum atomic E-state index is 14.9. The Kier molecular flexibility index (Phi) is 6.65. The molecule has 222 valence electrons. The van der Waals surface area contributed by atoms with Crippen molar-refractivity contribution in [1.29, 1.82) is 0 Å². The van der Waals surface area contributed by atoms with Crippen molar-refractivity contribution in [2.45, 2.75) is 26.9 Å². The first kappa shape index (κ1) is 27.8. The van der Waals surface area contributed by atoms with Gasteiger partial charge in [-0.2, -0.15) is 0 Å². The third-order valence-electron chi connectivity index (χ3n) is 9.19. The fourth-order valence-electron chi connectivity index (χ4n) is 6.87. The van der Waals surface area contributed by atoms with Crippen LogP contribution in [0.4, 0.5) is 0 Å². The van der Waals surface area contributed by atoms with Crippen LogP contribution in [0.2, 0.25) is 0 Å². The van der Waals surface area contributed by atoms with Crippen LogP contribution in [0.15, 0.2) is 145 Å². The molecule has 0 aliphatic carbocycles. The van der Waals surface area contributed by atoms with Crippen LogP contribution >= 0.6 is 0 Å². The molecule has 4 heteroatoms. The summed E-state index contributed by atoms with van der Waals surface area (Å²) in [5.41, 5.74) is 8.39. The molecule has 0 N–H and O–H groups in total. The predicted octanol–water partition coefficient (Wildman–Crippen LogP) is 8.82. The number of rotatable bonds is 6. The van der Waals surface area contributed by atoms with Crippen molar-refractivity contribution >= 4 is 44.8 Å². The summed E-state index contributed by atoms with van der Waals surface area (Å²) in [6.07, 6.45) is 0. The van der Waals surface area contributed by atoms with Gasteiger partial charge in [0.15, 0.2) is 0 Å². The lowest BCUT2D eigenvalue weighted by atomic mass is 9.96. The minimum absolute atomic E-state index is 0.152. The number of carbonyl (C=O) groups excluding carboxylic acids is 2. The molecule has 6 aromatic carbocycles. The number of hydrogen-bond acceptors (Lipinski definition) is 2. The summed E-state index contributed by atoms with van der Waals surface area (Å²) in [4.78, 5) is 33.5. The molecule has 0 aromatic heterocycles. The molecular weight excluding hydrogens is 564 g/mol. The first-order valence-electron chi connectivity index (χ1n) is 15.7. The van der Waals surface area contributed by atoms with E-state index in [4.69, 9.17) is 0 Å². The predicted molar refractivity (Wildman–Crippen MR) is 185 cm³/mol. The van der Waals surface area contributed by atoms with Crippen molar-refractivity contribution in [2.75, 3.05) is 0 Å². The number of fused-ring (bicyclic) bond motifs is 3. The van der Waals surface area contributed by atoms with Crippen molar-refractivity contribution in [3.8, 4) is 0 Å². The highest BCUT2D eigenvalue weighted by Gasteiger charge is 2.49. The second kappa shape index (κ2) is 11.0. The summed E-state index contributed by atoms with van der Waals surface area (Å²) < 4.78 is 0. The van der Waals surface area contributed by atoms with Crippen LogP contribution < -0.4 is 0 Å². The third-order valence-corrected chi connectivity index (χ3v) is 9.19. The van der Waals surface area contributed by atoms with Crippen LogP contribution in [0.5, 0.6) is 0 Å². The van der Waals surface area contributed by atoms with Crippen molar-refractivity contribution in [3.05, 3.63) is 178 Å². The van der Waals surface area contributed by atoms with E-state index in [2.05, 4.69) is 98.8 Å². The van der Waals surface area contributed by atoms with Crippen LogP contribution in [-0.2, 0) is 22.7 Å². The lowest BCUT2D eigenvalue weighted by molar-refractivity contribution is -0.124. The van der Waals surface area contributed by atoms with Gasteiger partial charge in [0, 0.05) is 11.1 Å². The smallest absolute Gasteiger partial charge is 0.261 e. The van der Waals surface area contributed by atoms with Gasteiger partial charge >= 0.3 is 0 Å². The Hall–Kier alpha value is -5.74. The quantitative estimate of drug-likeness (QED) is 0.193. The molecule has 2 aliphatic rings. The summed E-state index contributed by atoms with van der Waals surface area (Å²) in [6, 6.07) is 45.1. The number of aryl methyl sites for hydroxylation is 2. The fraction of sp³-hybridized carbons (Fsp3) is 0.0952. The van der Waals surface area contributed by atoms with Gasteiger partial charge in [-0.1, -0.05) is 145 Å². The first-order valence-corrected chi connectivity index (χ1v) is 15.7. The Labute approximate surface area is 268 Å². The number of nitrogens with zero attached hydrogens (tertiary/aromatic N) is 2. The average molecular weight is 597 g/mol. The van der Waals surface area contributed by atoms with Crippen LogP contribution in [-0.4, -0.2) is 21.6 Å². The molecule has 0 bridgehead atoms. The normalized spacial score (nSPS) is 14.7. The first-order chi connectivity index (χ1) is 22.5. The summed E-state index contributed by atoms with van der Waals surface area (Å²) in [6.45, 7) is 4.83. The van der Waals surface area contributed by atoms with E-state index in [0.29, 0.717) is 35.6 Å². The number of hydrogen-bond donors (Lipinski definition) is 0.